The molecular formula is C20H19N5O2. The Balaban J connectivity index is 1.85. The molecule has 3 aromatic rings. The van der Waals surface area contributed by atoms with Crippen LogP contribution in [0.25, 0.3) is 10.8 Å². The largest absolute Gasteiger partial charge is 0.455 e. The van der Waals surface area contributed by atoms with E-state index in [1.807, 2.05) is 39.1 Å². The standard InChI is InChI=1S/C20H19N5O2/c1-11-7-17-18(9-16(11)23-21)26-10-27-20-15-5-4-14(22-3)8-13(15)6-12(2)19(20)25-24-17/h4-9,21-22H,10H2,1-3H3/i/hD. The van der Waals surface area contributed by atoms with Crippen molar-refractivity contribution in [2.45, 2.75) is 13.8 Å². The van der Waals surface area contributed by atoms with Crippen LogP contribution >= 0.6 is 0 Å². The summed E-state index contributed by atoms with van der Waals surface area (Å²) < 4.78 is 18.7. The van der Waals surface area contributed by atoms with Crippen LogP contribution < -0.4 is 14.8 Å². The molecule has 136 valence electrons. The van der Waals surface area contributed by atoms with E-state index in [0.29, 0.717) is 28.6 Å². The summed E-state index contributed by atoms with van der Waals surface area (Å²) in [5.41, 5.74) is 7.69. The van der Waals surface area contributed by atoms with Crippen molar-refractivity contribution in [3.05, 3.63) is 47.5 Å². The van der Waals surface area contributed by atoms with Crippen LogP contribution in [0.2, 0.25) is 1.41 Å². The summed E-state index contributed by atoms with van der Waals surface area (Å²) in [6, 6.07) is 11.6. The molecule has 0 amide bonds. The van der Waals surface area contributed by atoms with Gasteiger partial charge in [0.1, 0.15) is 11.4 Å². The first kappa shape index (κ1) is 15.7. The minimum absolute atomic E-state index is 0.00209. The van der Waals surface area contributed by atoms with Crippen LogP contribution in [0.15, 0.2) is 51.7 Å². The zero-order valence-corrected chi connectivity index (χ0v) is 15.3. The minimum atomic E-state index is -0.00209. The van der Waals surface area contributed by atoms with Crippen LogP contribution in [0, 0.1) is 19.4 Å². The molecule has 7 nitrogen and oxygen atoms in total. The Kier molecular flexibility index (Phi) is 3.90. The lowest BCUT2D eigenvalue weighted by molar-refractivity contribution is 0.123. The van der Waals surface area contributed by atoms with E-state index in [-0.39, 0.29) is 6.79 Å². The fraction of sp³-hybridized carbons (Fsp3) is 0.200. The number of azo groups is 1. The van der Waals surface area contributed by atoms with Crippen LogP contribution in [0.5, 0.6) is 11.5 Å². The van der Waals surface area contributed by atoms with Gasteiger partial charge >= 0.3 is 0 Å². The minimum Gasteiger partial charge on any atom is -0.455 e. The number of hydrogen-bond acceptors (Lipinski definition) is 7. The summed E-state index contributed by atoms with van der Waals surface area (Å²) in [5.74, 6) is 1.11. The van der Waals surface area contributed by atoms with Crippen molar-refractivity contribution in [3.8, 4) is 11.5 Å². The van der Waals surface area contributed by atoms with Gasteiger partial charge in [-0.3, -0.25) is 0 Å². The third-order valence-electron chi connectivity index (χ3n) is 4.61. The second kappa shape index (κ2) is 6.68. The average molecular weight is 362 g/mol. The molecule has 0 radical (unpaired) electrons. The monoisotopic (exact) mass is 362 g/mol. The van der Waals surface area contributed by atoms with Crippen LogP contribution in [-0.4, -0.2) is 13.8 Å². The number of nitrogens with zero attached hydrogens (tertiary/aromatic N) is 3. The van der Waals surface area contributed by atoms with Gasteiger partial charge in [-0.15, -0.1) is 10.2 Å². The lowest BCUT2D eigenvalue weighted by Crippen LogP contribution is -2.06. The zero-order chi connectivity index (χ0) is 19.7. The van der Waals surface area contributed by atoms with E-state index in [4.69, 9.17) is 10.9 Å². The highest BCUT2D eigenvalue weighted by Crippen LogP contribution is 2.43. The maximum absolute atomic E-state index is 6.95. The van der Waals surface area contributed by atoms with Crippen molar-refractivity contribution < 1.29 is 10.9 Å². The van der Waals surface area contributed by atoms with Crippen LogP contribution in [0.1, 0.15) is 11.1 Å². The quantitative estimate of drug-likeness (QED) is 0.524. The Morgan fingerprint density at radius 1 is 1.11 bits per heavy atom. The Bertz CT molecular complexity index is 1130. The lowest BCUT2D eigenvalue weighted by atomic mass is 10.0. The van der Waals surface area contributed by atoms with E-state index >= 15 is 0 Å². The van der Waals surface area contributed by atoms with Crippen molar-refractivity contribution >= 4 is 33.5 Å². The van der Waals surface area contributed by atoms with E-state index in [1.165, 1.54) is 0 Å². The fourth-order valence-corrected chi connectivity index (χ4v) is 3.14. The number of aryl methyl sites for hydroxylation is 2. The molecule has 0 saturated carbocycles. The Labute approximate surface area is 158 Å². The van der Waals surface area contributed by atoms with Gasteiger partial charge in [-0.25, -0.2) is 5.52 Å². The van der Waals surface area contributed by atoms with Crippen LogP contribution in [0.4, 0.5) is 22.7 Å². The summed E-state index contributed by atoms with van der Waals surface area (Å²) in [6.45, 7) is 3.85. The molecule has 0 aromatic heterocycles. The number of anilines is 1. The van der Waals surface area contributed by atoms with E-state index < -0.39 is 0 Å². The van der Waals surface area contributed by atoms with E-state index in [0.717, 1.165) is 27.6 Å². The molecular weight excluding hydrogens is 342 g/mol. The molecule has 4 rings (SSSR count). The lowest BCUT2D eigenvalue weighted by Gasteiger charge is -2.14. The van der Waals surface area contributed by atoms with Gasteiger partial charge in [0.2, 0.25) is 8.20 Å². The van der Waals surface area contributed by atoms with Gasteiger partial charge in [0.15, 0.2) is 11.5 Å². The molecule has 0 aliphatic carbocycles. The Morgan fingerprint density at radius 3 is 2.81 bits per heavy atom. The number of hydrogen-bond donors (Lipinski definition) is 2. The molecule has 1 aliphatic rings. The second-order valence-corrected chi connectivity index (χ2v) is 6.37. The van der Waals surface area contributed by atoms with Crippen molar-refractivity contribution in [1.82, 2.24) is 0 Å². The molecule has 3 aromatic carbocycles. The third kappa shape index (κ3) is 2.97. The number of rotatable bonds is 2. The van der Waals surface area contributed by atoms with Crippen molar-refractivity contribution in [1.29, 1.82) is 5.52 Å². The van der Waals surface area contributed by atoms with Gasteiger partial charge in [0.25, 0.3) is 0 Å². The molecule has 1 aliphatic heterocycles. The van der Waals surface area contributed by atoms with E-state index in [1.54, 1.807) is 6.07 Å². The van der Waals surface area contributed by atoms with E-state index in [2.05, 4.69) is 38.3 Å². The molecule has 0 fully saturated rings. The molecule has 0 atom stereocenters. The van der Waals surface area contributed by atoms with Crippen LogP contribution in [-0.2, 0) is 0 Å². The van der Waals surface area contributed by atoms with Gasteiger partial charge in [-0.1, -0.05) is 0 Å². The molecule has 0 saturated heterocycles. The summed E-state index contributed by atoms with van der Waals surface area (Å²) in [4.78, 5) is 0. The Hall–Kier alpha value is -3.48. The fourth-order valence-electron chi connectivity index (χ4n) is 3.14. The number of benzene rings is 3. The van der Waals surface area contributed by atoms with Crippen LogP contribution in [0.3, 0.4) is 0 Å². The predicted molar refractivity (Wildman–Crippen MR) is 105 cm³/mol. The topological polar surface area (TPSA) is 91.4 Å². The smallest absolute Gasteiger partial charge is 0.231 e. The van der Waals surface area contributed by atoms with Gasteiger partial charge in [0, 0.05) is 24.2 Å². The van der Waals surface area contributed by atoms with E-state index in [9.17, 15) is 0 Å². The predicted octanol–water partition coefficient (Wildman–Crippen LogP) is 6.30. The normalized spacial score (nSPS) is 13.7. The number of ether oxygens (including phenoxy) is 2. The summed E-state index contributed by atoms with van der Waals surface area (Å²) >= 11 is 0. The highest BCUT2D eigenvalue weighted by atomic mass is 16.7. The molecule has 7 heteroatoms. The molecule has 27 heavy (non-hydrogen) atoms. The third-order valence-corrected chi connectivity index (χ3v) is 4.61. The van der Waals surface area contributed by atoms with Gasteiger partial charge in [-0.05, 0) is 60.7 Å². The molecule has 1 heterocycles. The first-order valence-corrected chi connectivity index (χ1v) is 8.53. The molecule has 0 bridgehead atoms. The van der Waals surface area contributed by atoms with Crippen molar-refractivity contribution in [2.75, 3.05) is 19.2 Å². The first-order chi connectivity index (χ1) is 13.6. The highest BCUT2D eigenvalue weighted by molar-refractivity contribution is 5.96. The average Bonchev–Trinajstić information content (AvgIpc) is 2.77. The number of fused-ring (bicyclic) bond motifs is 4. The van der Waals surface area contributed by atoms with Gasteiger partial charge in [-0.2, -0.15) is 5.11 Å². The zero-order valence-electron chi connectivity index (χ0n) is 16.3. The summed E-state index contributed by atoms with van der Waals surface area (Å²) in [7, 11) is 1.89. The second-order valence-electron chi connectivity index (χ2n) is 6.37. The summed E-state index contributed by atoms with van der Waals surface area (Å²) in [6.07, 6.45) is 0. The highest BCUT2D eigenvalue weighted by Gasteiger charge is 2.17. The van der Waals surface area contributed by atoms with Crippen molar-refractivity contribution in [3.63, 3.8) is 0 Å². The molecule has 2 N–H and O–H groups in total. The molecule has 0 spiro atoms. The first-order valence-electron chi connectivity index (χ1n) is 8.97. The van der Waals surface area contributed by atoms with Crippen molar-refractivity contribution in [2.24, 2.45) is 15.3 Å². The maximum Gasteiger partial charge on any atom is 0.231 e. The molecule has 0 unspecified atom stereocenters. The van der Waals surface area contributed by atoms with Gasteiger partial charge < -0.3 is 14.8 Å². The van der Waals surface area contributed by atoms with Gasteiger partial charge in [0.05, 0.1) is 5.69 Å². The summed E-state index contributed by atoms with van der Waals surface area (Å²) in [5, 5.41) is 17.8. The number of nitrogens with one attached hydrogen (secondary N) is 2. The SMILES string of the molecule is [2H]N=Nc1cc2c(cc1C)N=Nc1c(C)cc3cc(NC)ccc3c1OCO2. The maximum atomic E-state index is 6.95. The Morgan fingerprint density at radius 2 is 2.00 bits per heavy atom.